The third-order valence-corrected chi connectivity index (χ3v) is 5.66. The van der Waals surface area contributed by atoms with E-state index in [1.54, 1.807) is 48.5 Å². The molecule has 0 bridgehead atoms. The molecular weight excluding hydrogens is 500 g/mol. The van der Waals surface area contributed by atoms with Crippen molar-refractivity contribution >= 4 is 29.2 Å². The minimum absolute atomic E-state index is 0.00285. The van der Waals surface area contributed by atoms with E-state index in [0.717, 1.165) is 10.1 Å². The van der Waals surface area contributed by atoms with E-state index in [4.69, 9.17) is 16.3 Å². The summed E-state index contributed by atoms with van der Waals surface area (Å²) in [5.41, 5.74) is -1.67. The van der Waals surface area contributed by atoms with Crippen molar-refractivity contribution in [1.29, 1.82) is 0 Å². The molecule has 4 aromatic rings. The highest BCUT2D eigenvalue weighted by atomic mass is 35.5. The average molecular weight is 523 g/mol. The lowest BCUT2D eigenvalue weighted by molar-refractivity contribution is -0.147. The van der Waals surface area contributed by atoms with E-state index in [2.05, 4.69) is 20.3 Å². The predicted molar refractivity (Wildman–Crippen MR) is 137 cm³/mol. The number of benzene rings is 2. The molecule has 11 nitrogen and oxygen atoms in total. The number of aromatic nitrogens is 5. The van der Waals surface area contributed by atoms with Crippen LogP contribution in [0.3, 0.4) is 0 Å². The van der Waals surface area contributed by atoms with Crippen molar-refractivity contribution < 1.29 is 14.6 Å². The van der Waals surface area contributed by atoms with Gasteiger partial charge in [-0.15, -0.1) is 0 Å². The van der Waals surface area contributed by atoms with Crippen molar-refractivity contribution in [2.75, 3.05) is 5.32 Å². The molecule has 0 saturated heterocycles. The molecule has 2 aromatic carbocycles. The van der Waals surface area contributed by atoms with Crippen molar-refractivity contribution in [1.82, 2.24) is 24.1 Å². The molecule has 190 valence electrons. The first kappa shape index (κ1) is 25.6. The standard InChI is InChI=1S/C25H23ClN6O5/c1-25(2,21(33)34)15-32-23(35)30-22(31(24(32)36)14-16-3-5-17(26)6-4-16)29-18-7-9-19(10-8-18)37-20-13-27-11-12-28-20/h3-13H,14-15H2,1-2H3,(H,33,34)(H,29,30,35). The van der Waals surface area contributed by atoms with Crippen molar-refractivity contribution in [3.05, 3.63) is 98.7 Å². The number of nitrogens with one attached hydrogen (secondary N) is 1. The normalized spacial score (nSPS) is 11.2. The first-order valence-corrected chi connectivity index (χ1v) is 11.5. The molecule has 0 amide bonds. The van der Waals surface area contributed by atoms with Gasteiger partial charge < -0.3 is 15.2 Å². The SMILES string of the molecule is CC(C)(Cn1c(=O)nc(Nc2ccc(Oc3cnccn3)cc2)n(Cc2ccc(Cl)cc2)c1=O)C(=O)O. The van der Waals surface area contributed by atoms with Gasteiger partial charge in [0.05, 0.1) is 18.2 Å². The summed E-state index contributed by atoms with van der Waals surface area (Å²) in [6.45, 7) is 2.58. The highest BCUT2D eigenvalue weighted by Gasteiger charge is 2.30. The Labute approximate surface area is 216 Å². The minimum atomic E-state index is -1.36. The summed E-state index contributed by atoms with van der Waals surface area (Å²) in [7, 11) is 0. The Kier molecular flexibility index (Phi) is 7.35. The molecule has 0 aliphatic rings. The van der Waals surface area contributed by atoms with Gasteiger partial charge in [-0.3, -0.25) is 14.3 Å². The number of aliphatic carboxylic acids is 1. The van der Waals surface area contributed by atoms with Crippen molar-refractivity contribution in [2.45, 2.75) is 26.9 Å². The van der Waals surface area contributed by atoms with Gasteiger partial charge in [-0.05, 0) is 55.8 Å². The van der Waals surface area contributed by atoms with Crippen LogP contribution in [0.1, 0.15) is 19.4 Å². The Morgan fingerprint density at radius 3 is 2.38 bits per heavy atom. The second kappa shape index (κ2) is 10.6. The highest BCUT2D eigenvalue weighted by molar-refractivity contribution is 6.30. The first-order valence-electron chi connectivity index (χ1n) is 11.1. The van der Waals surface area contributed by atoms with Crippen LogP contribution in [0, 0.1) is 5.41 Å². The molecule has 0 aliphatic carbocycles. The van der Waals surface area contributed by atoms with E-state index in [1.165, 1.54) is 37.0 Å². The number of nitrogens with zero attached hydrogens (tertiary/aromatic N) is 5. The second-order valence-corrected chi connectivity index (χ2v) is 9.22. The molecular formula is C25H23ClN6O5. The van der Waals surface area contributed by atoms with Crippen molar-refractivity contribution in [2.24, 2.45) is 5.41 Å². The van der Waals surface area contributed by atoms with Gasteiger partial charge in [0.1, 0.15) is 5.75 Å². The van der Waals surface area contributed by atoms with Crippen LogP contribution in [0.4, 0.5) is 11.6 Å². The van der Waals surface area contributed by atoms with Gasteiger partial charge in [0.25, 0.3) is 0 Å². The van der Waals surface area contributed by atoms with E-state index in [-0.39, 0.29) is 19.0 Å². The number of ether oxygens (including phenoxy) is 1. The Hall–Kier alpha value is -4.51. The van der Waals surface area contributed by atoms with E-state index in [0.29, 0.717) is 22.3 Å². The van der Waals surface area contributed by atoms with E-state index in [9.17, 15) is 19.5 Å². The van der Waals surface area contributed by atoms with Crippen LogP contribution in [0.5, 0.6) is 11.6 Å². The molecule has 4 rings (SSSR count). The molecule has 0 spiro atoms. The van der Waals surface area contributed by atoms with Crippen LogP contribution >= 0.6 is 11.6 Å². The van der Waals surface area contributed by atoms with Crippen LogP contribution in [-0.2, 0) is 17.9 Å². The topological polar surface area (TPSA) is 141 Å². The van der Waals surface area contributed by atoms with E-state index in [1.807, 2.05) is 0 Å². The van der Waals surface area contributed by atoms with Crippen LogP contribution in [0.15, 0.2) is 76.7 Å². The predicted octanol–water partition coefficient (Wildman–Crippen LogP) is 3.54. The van der Waals surface area contributed by atoms with Gasteiger partial charge >= 0.3 is 17.3 Å². The van der Waals surface area contributed by atoms with Gasteiger partial charge in [-0.25, -0.2) is 19.1 Å². The lowest BCUT2D eigenvalue weighted by Crippen LogP contribution is -2.46. The molecule has 0 saturated carbocycles. The maximum atomic E-state index is 13.4. The quantitative estimate of drug-likeness (QED) is 0.337. The van der Waals surface area contributed by atoms with Gasteiger partial charge in [0, 0.05) is 29.6 Å². The molecule has 0 atom stereocenters. The number of carbonyl (C=O) groups is 1. The zero-order valence-corrected chi connectivity index (χ0v) is 20.7. The first-order chi connectivity index (χ1) is 17.6. The third-order valence-electron chi connectivity index (χ3n) is 5.41. The number of carboxylic acid groups (broad SMARTS) is 1. The van der Waals surface area contributed by atoms with Crippen molar-refractivity contribution in [3.8, 4) is 11.6 Å². The molecule has 37 heavy (non-hydrogen) atoms. The molecule has 0 unspecified atom stereocenters. The van der Waals surface area contributed by atoms with E-state index >= 15 is 0 Å². The number of hydrogen-bond donors (Lipinski definition) is 2. The number of rotatable bonds is 9. The maximum Gasteiger partial charge on any atom is 0.354 e. The highest BCUT2D eigenvalue weighted by Crippen LogP contribution is 2.23. The van der Waals surface area contributed by atoms with Gasteiger partial charge in [-0.2, -0.15) is 4.98 Å². The van der Waals surface area contributed by atoms with Crippen molar-refractivity contribution in [3.63, 3.8) is 0 Å². The van der Waals surface area contributed by atoms with Crippen LogP contribution in [-0.4, -0.2) is 35.2 Å². The fraction of sp³-hybridized carbons (Fsp3) is 0.200. The maximum absolute atomic E-state index is 13.4. The Morgan fingerprint density at radius 2 is 1.76 bits per heavy atom. The lowest BCUT2D eigenvalue weighted by atomic mass is 9.94. The zero-order valence-electron chi connectivity index (χ0n) is 20.0. The fourth-order valence-corrected chi connectivity index (χ4v) is 3.46. The second-order valence-electron chi connectivity index (χ2n) is 8.78. The van der Waals surface area contributed by atoms with Gasteiger partial charge in [-0.1, -0.05) is 23.7 Å². The third kappa shape index (κ3) is 6.19. The zero-order chi connectivity index (χ0) is 26.6. The monoisotopic (exact) mass is 522 g/mol. The van der Waals surface area contributed by atoms with E-state index < -0.39 is 22.8 Å². The molecule has 2 aromatic heterocycles. The largest absolute Gasteiger partial charge is 0.481 e. The summed E-state index contributed by atoms with van der Waals surface area (Å²) in [4.78, 5) is 49.9. The van der Waals surface area contributed by atoms with Crippen LogP contribution < -0.4 is 21.4 Å². The fourth-order valence-electron chi connectivity index (χ4n) is 3.33. The molecule has 0 fully saturated rings. The Bertz CT molecular complexity index is 1520. The summed E-state index contributed by atoms with van der Waals surface area (Å²) >= 11 is 5.98. The number of hydrogen-bond acceptors (Lipinski definition) is 8. The van der Waals surface area contributed by atoms with Crippen LogP contribution in [0.2, 0.25) is 5.02 Å². The Balaban J connectivity index is 1.69. The Morgan fingerprint density at radius 1 is 1.05 bits per heavy atom. The number of carboxylic acids is 1. The summed E-state index contributed by atoms with van der Waals surface area (Å²) < 4.78 is 7.73. The van der Waals surface area contributed by atoms with Gasteiger partial charge in [0.15, 0.2) is 0 Å². The van der Waals surface area contributed by atoms with Crippen LogP contribution in [0.25, 0.3) is 0 Å². The summed E-state index contributed by atoms with van der Waals surface area (Å²) in [6, 6.07) is 13.6. The molecule has 2 heterocycles. The number of halogens is 1. The summed E-state index contributed by atoms with van der Waals surface area (Å²) in [6.07, 6.45) is 4.52. The summed E-state index contributed by atoms with van der Waals surface area (Å²) in [5, 5.41) is 13.0. The van der Waals surface area contributed by atoms with Gasteiger partial charge in [0.2, 0.25) is 11.8 Å². The molecule has 0 radical (unpaired) electrons. The summed E-state index contributed by atoms with van der Waals surface area (Å²) in [5.74, 6) is -0.315. The smallest absolute Gasteiger partial charge is 0.354 e. The molecule has 0 aliphatic heterocycles. The molecule has 12 heteroatoms. The molecule has 2 N–H and O–H groups in total. The minimum Gasteiger partial charge on any atom is -0.481 e. The number of anilines is 2. The lowest BCUT2D eigenvalue weighted by Gasteiger charge is -2.21. The average Bonchev–Trinajstić information content (AvgIpc) is 2.87.